The molecule has 0 aliphatic carbocycles. The molecule has 0 saturated carbocycles. The van der Waals surface area contributed by atoms with Crippen LogP contribution in [0.1, 0.15) is 21.5 Å². The molecule has 2 aromatic rings. The van der Waals surface area contributed by atoms with E-state index in [4.69, 9.17) is 4.74 Å². The lowest BCUT2D eigenvalue weighted by Crippen LogP contribution is -2.06. The van der Waals surface area contributed by atoms with Gasteiger partial charge in [0, 0.05) is 18.0 Å². The second-order valence-electron chi connectivity index (χ2n) is 4.08. The quantitative estimate of drug-likeness (QED) is 0.632. The van der Waals surface area contributed by atoms with E-state index in [0.29, 0.717) is 0 Å². The van der Waals surface area contributed by atoms with Gasteiger partial charge < -0.3 is 4.74 Å². The van der Waals surface area contributed by atoms with E-state index in [1.165, 1.54) is 30.9 Å². The number of alkyl halides is 3. The summed E-state index contributed by atoms with van der Waals surface area (Å²) in [6.45, 7) is -0.246. The van der Waals surface area contributed by atoms with Crippen LogP contribution < -0.4 is 0 Å². The smallest absolute Gasteiger partial charge is 0.416 e. The molecule has 1 aromatic heterocycles. The Kier molecular flexibility index (Phi) is 4.73. The summed E-state index contributed by atoms with van der Waals surface area (Å²) in [6.07, 6.45) is -0.577. The summed E-state index contributed by atoms with van der Waals surface area (Å²) in [5.74, 6) is 4.33. The molecule has 0 unspecified atom stereocenters. The van der Waals surface area contributed by atoms with Crippen LogP contribution in [0, 0.1) is 11.8 Å². The first-order chi connectivity index (χ1) is 10.5. The van der Waals surface area contributed by atoms with Crippen molar-refractivity contribution in [2.24, 2.45) is 0 Å². The third kappa shape index (κ3) is 4.31. The van der Waals surface area contributed by atoms with Crippen molar-refractivity contribution in [2.45, 2.75) is 6.18 Å². The predicted octanol–water partition coefficient (Wildman–Crippen LogP) is 2.70. The van der Waals surface area contributed by atoms with Crippen molar-refractivity contribution in [2.75, 3.05) is 6.61 Å². The minimum Gasteiger partial charge on any atom is -0.449 e. The van der Waals surface area contributed by atoms with E-state index in [1.54, 1.807) is 0 Å². The van der Waals surface area contributed by atoms with Gasteiger partial charge in [-0.3, -0.25) is 0 Å². The van der Waals surface area contributed by atoms with Gasteiger partial charge in [0.05, 0.1) is 11.1 Å². The van der Waals surface area contributed by atoms with E-state index in [0.717, 1.165) is 12.1 Å². The first-order valence-corrected chi connectivity index (χ1v) is 6.05. The van der Waals surface area contributed by atoms with E-state index >= 15 is 0 Å². The minimum absolute atomic E-state index is 0.170. The zero-order chi connectivity index (χ0) is 16.0. The van der Waals surface area contributed by atoms with Crippen LogP contribution in [-0.2, 0) is 10.9 Å². The lowest BCUT2D eigenvalue weighted by atomic mass is 10.1. The third-order valence-electron chi connectivity index (χ3n) is 2.49. The number of esters is 1. The number of carbonyl (C=O) groups is 1. The summed E-state index contributed by atoms with van der Waals surface area (Å²) in [4.78, 5) is 18.8. The first-order valence-electron chi connectivity index (χ1n) is 6.05. The summed E-state index contributed by atoms with van der Waals surface area (Å²) >= 11 is 0. The highest BCUT2D eigenvalue weighted by Crippen LogP contribution is 2.29. The van der Waals surface area contributed by atoms with Gasteiger partial charge >= 0.3 is 12.1 Å². The molecule has 0 atom stereocenters. The van der Waals surface area contributed by atoms with Crippen LogP contribution in [0.15, 0.2) is 43.0 Å². The molecule has 0 aliphatic rings. The van der Waals surface area contributed by atoms with Gasteiger partial charge in [0.25, 0.3) is 0 Å². The van der Waals surface area contributed by atoms with E-state index in [9.17, 15) is 18.0 Å². The van der Waals surface area contributed by atoms with Gasteiger partial charge in [0.2, 0.25) is 0 Å². The Hall–Kier alpha value is -2.88. The minimum atomic E-state index is -4.42. The monoisotopic (exact) mass is 306 g/mol. The Morgan fingerprint density at radius 2 is 1.95 bits per heavy atom. The maximum absolute atomic E-state index is 12.5. The average Bonchev–Trinajstić information content (AvgIpc) is 2.52. The van der Waals surface area contributed by atoms with Crippen molar-refractivity contribution in [3.63, 3.8) is 0 Å². The molecule has 4 nitrogen and oxygen atoms in total. The molecule has 0 N–H and O–H groups in total. The van der Waals surface area contributed by atoms with Crippen molar-refractivity contribution in [1.82, 2.24) is 9.97 Å². The Balaban J connectivity index is 1.96. The number of carbonyl (C=O) groups excluding carboxylic acids is 1. The van der Waals surface area contributed by atoms with Crippen molar-refractivity contribution in [1.29, 1.82) is 0 Å². The van der Waals surface area contributed by atoms with E-state index in [-0.39, 0.29) is 17.7 Å². The fourth-order valence-corrected chi connectivity index (χ4v) is 1.50. The van der Waals surface area contributed by atoms with Crippen LogP contribution in [0.25, 0.3) is 0 Å². The molecule has 1 heterocycles. The molecule has 0 aliphatic heterocycles. The average molecular weight is 306 g/mol. The topological polar surface area (TPSA) is 52.1 Å². The van der Waals surface area contributed by atoms with Gasteiger partial charge in [0.15, 0.2) is 6.61 Å². The molecule has 112 valence electrons. The van der Waals surface area contributed by atoms with Crippen LogP contribution in [0.4, 0.5) is 13.2 Å². The number of ether oxygens (including phenoxy) is 1. The maximum Gasteiger partial charge on any atom is 0.416 e. The molecule has 22 heavy (non-hydrogen) atoms. The Morgan fingerprint density at radius 1 is 1.23 bits per heavy atom. The second-order valence-corrected chi connectivity index (χ2v) is 4.08. The molecule has 0 saturated heterocycles. The molecule has 0 amide bonds. The molecular weight excluding hydrogens is 297 g/mol. The third-order valence-corrected chi connectivity index (χ3v) is 2.49. The summed E-state index contributed by atoms with van der Waals surface area (Å²) in [7, 11) is 0. The Bertz CT molecular complexity index is 719. The van der Waals surface area contributed by atoms with Crippen LogP contribution in [0.3, 0.4) is 0 Å². The van der Waals surface area contributed by atoms with Crippen molar-refractivity contribution in [3.05, 3.63) is 59.7 Å². The normalized spacial score (nSPS) is 10.5. The predicted molar refractivity (Wildman–Crippen MR) is 70.6 cm³/mol. The number of hydrogen-bond acceptors (Lipinski definition) is 4. The standard InChI is InChI=1S/C15H9F3N2O2/c16-15(17,18)13-5-1-3-11(7-13)4-2-6-22-14(21)12-8-19-10-20-9-12/h1,3,5,7-10H,6H2. The van der Waals surface area contributed by atoms with Crippen LogP contribution >= 0.6 is 0 Å². The summed E-state index contributed by atoms with van der Waals surface area (Å²) < 4.78 is 42.4. The summed E-state index contributed by atoms with van der Waals surface area (Å²) in [5, 5.41) is 0. The highest BCUT2D eigenvalue weighted by molar-refractivity contribution is 5.88. The number of aromatic nitrogens is 2. The number of benzene rings is 1. The molecule has 7 heteroatoms. The van der Waals surface area contributed by atoms with Gasteiger partial charge in [-0.15, -0.1) is 0 Å². The van der Waals surface area contributed by atoms with E-state index in [2.05, 4.69) is 21.8 Å². The number of rotatable bonds is 2. The van der Waals surface area contributed by atoms with Crippen LogP contribution in [-0.4, -0.2) is 22.5 Å². The fraction of sp³-hybridized carbons (Fsp3) is 0.133. The lowest BCUT2D eigenvalue weighted by molar-refractivity contribution is -0.137. The zero-order valence-electron chi connectivity index (χ0n) is 11.1. The van der Waals surface area contributed by atoms with Crippen LogP contribution in [0.2, 0.25) is 0 Å². The molecule has 0 radical (unpaired) electrons. The van der Waals surface area contributed by atoms with Gasteiger partial charge in [-0.05, 0) is 18.2 Å². The molecule has 1 aromatic carbocycles. The number of hydrogen-bond donors (Lipinski definition) is 0. The molecule has 0 spiro atoms. The molecule has 2 rings (SSSR count). The Labute approximate surface area is 124 Å². The van der Waals surface area contributed by atoms with Crippen molar-refractivity contribution >= 4 is 5.97 Å². The summed E-state index contributed by atoms with van der Waals surface area (Å²) in [6, 6.07) is 4.59. The highest BCUT2D eigenvalue weighted by atomic mass is 19.4. The molecular formula is C15H9F3N2O2. The zero-order valence-corrected chi connectivity index (χ0v) is 11.1. The fourth-order valence-electron chi connectivity index (χ4n) is 1.50. The highest BCUT2D eigenvalue weighted by Gasteiger charge is 2.30. The molecule has 0 fully saturated rings. The molecule has 0 bridgehead atoms. The van der Waals surface area contributed by atoms with Gasteiger partial charge in [-0.25, -0.2) is 14.8 Å². The van der Waals surface area contributed by atoms with Crippen LogP contribution in [0.5, 0.6) is 0 Å². The Morgan fingerprint density at radius 3 is 2.64 bits per heavy atom. The largest absolute Gasteiger partial charge is 0.449 e. The van der Waals surface area contributed by atoms with Gasteiger partial charge in [0.1, 0.15) is 6.33 Å². The first kappa shape index (κ1) is 15.5. The van der Waals surface area contributed by atoms with E-state index in [1.807, 2.05) is 0 Å². The van der Waals surface area contributed by atoms with E-state index < -0.39 is 17.7 Å². The lowest BCUT2D eigenvalue weighted by Gasteiger charge is -2.05. The summed E-state index contributed by atoms with van der Waals surface area (Å²) in [5.41, 5.74) is -0.421. The van der Waals surface area contributed by atoms with Crippen molar-refractivity contribution in [3.8, 4) is 11.8 Å². The SMILES string of the molecule is O=C(OCC#Cc1cccc(C(F)(F)F)c1)c1cncnc1. The van der Waals surface area contributed by atoms with Crippen molar-refractivity contribution < 1.29 is 22.7 Å². The number of halogens is 3. The maximum atomic E-state index is 12.5. The van der Waals surface area contributed by atoms with Gasteiger partial charge in [-0.2, -0.15) is 13.2 Å². The second kappa shape index (κ2) is 6.72. The van der Waals surface area contributed by atoms with Gasteiger partial charge in [-0.1, -0.05) is 17.9 Å². The number of nitrogens with zero attached hydrogens (tertiary/aromatic N) is 2.